The van der Waals surface area contributed by atoms with E-state index in [9.17, 15) is 13.6 Å². The zero-order chi connectivity index (χ0) is 19.0. The highest BCUT2D eigenvalue weighted by Crippen LogP contribution is 2.29. The summed E-state index contributed by atoms with van der Waals surface area (Å²) in [5.41, 5.74) is 4.97. The Balaban J connectivity index is 1.79. The molecule has 1 fully saturated rings. The van der Waals surface area contributed by atoms with Gasteiger partial charge in [0, 0.05) is 25.5 Å². The Kier molecular flexibility index (Phi) is 4.44. The number of halogens is 2. The number of nitrogens with two attached hydrogens (primary N) is 1. The van der Waals surface area contributed by atoms with Crippen LogP contribution in [0, 0.1) is 11.6 Å². The van der Waals surface area contributed by atoms with E-state index >= 15 is 0 Å². The fourth-order valence-electron chi connectivity index (χ4n) is 3.20. The van der Waals surface area contributed by atoms with Gasteiger partial charge < -0.3 is 20.8 Å². The van der Waals surface area contributed by atoms with Crippen molar-refractivity contribution in [3.05, 3.63) is 47.4 Å². The third kappa shape index (κ3) is 3.10. The fraction of sp³-hybridized carbons (Fsp3) is 0.278. The Morgan fingerprint density at radius 1 is 1.26 bits per heavy atom. The van der Waals surface area contributed by atoms with Crippen LogP contribution in [0.4, 0.5) is 20.3 Å². The van der Waals surface area contributed by atoms with Crippen molar-refractivity contribution in [3.63, 3.8) is 0 Å². The number of ketones is 1. The first-order chi connectivity index (χ1) is 13.1. The molecule has 2 aromatic heterocycles. The number of fused-ring (bicyclic) bond motifs is 1. The lowest BCUT2D eigenvalue weighted by Gasteiger charge is -2.23. The minimum atomic E-state index is -1.08. The van der Waals surface area contributed by atoms with Crippen molar-refractivity contribution in [2.24, 2.45) is 0 Å². The molecule has 1 saturated heterocycles. The first-order valence-electron chi connectivity index (χ1n) is 8.50. The summed E-state index contributed by atoms with van der Waals surface area (Å²) < 4.78 is 33.8. The molecule has 0 saturated carbocycles. The maximum atomic E-state index is 14.3. The molecular formula is C18H17F2N5O2. The smallest absolute Gasteiger partial charge is 0.201 e. The second-order valence-corrected chi connectivity index (χ2v) is 6.33. The number of aromatic amines is 1. The summed E-state index contributed by atoms with van der Waals surface area (Å²) in [6, 6.07) is 2.17. The summed E-state index contributed by atoms with van der Waals surface area (Å²) in [5.74, 6) is -2.45. The number of aromatic nitrogens is 3. The van der Waals surface area contributed by atoms with Gasteiger partial charge in [0.2, 0.25) is 5.78 Å². The Hall–Kier alpha value is -3.07. The van der Waals surface area contributed by atoms with Crippen LogP contribution < -0.4 is 11.1 Å². The highest BCUT2D eigenvalue weighted by atomic mass is 19.1. The number of carbonyl (C=O) groups excluding carboxylic acids is 1. The lowest BCUT2D eigenvalue weighted by atomic mass is 10.0. The highest BCUT2D eigenvalue weighted by molar-refractivity contribution is 6.18. The quantitative estimate of drug-likeness (QED) is 0.480. The minimum absolute atomic E-state index is 0.0727. The summed E-state index contributed by atoms with van der Waals surface area (Å²) in [6.45, 7) is 1.26. The average Bonchev–Trinajstić information content (AvgIpc) is 3.11. The van der Waals surface area contributed by atoms with Crippen molar-refractivity contribution in [1.29, 1.82) is 0 Å². The second kappa shape index (κ2) is 6.92. The van der Waals surface area contributed by atoms with E-state index in [1.54, 1.807) is 0 Å². The topological polar surface area (TPSA) is 106 Å². The minimum Gasteiger partial charge on any atom is -0.396 e. The molecule has 4 N–H and O–H groups in total. The Bertz CT molecular complexity index is 1010. The van der Waals surface area contributed by atoms with Gasteiger partial charge in [-0.3, -0.25) is 4.79 Å². The van der Waals surface area contributed by atoms with Gasteiger partial charge in [-0.15, -0.1) is 0 Å². The first kappa shape index (κ1) is 17.3. The van der Waals surface area contributed by atoms with Crippen molar-refractivity contribution in [1.82, 2.24) is 15.0 Å². The summed E-state index contributed by atoms with van der Waals surface area (Å²) in [6.07, 6.45) is 4.31. The monoisotopic (exact) mass is 373 g/mol. The zero-order valence-corrected chi connectivity index (χ0v) is 14.3. The number of hydrogen-bond acceptors (Lipinski definition) is 6. The predicted octanol–water partition coefficient (Wildman–Crippen LogP) is 2.64. The average molecular weight is 373 g/mol. The van der Waals surface area contributed by atoms with Crippen LogP contribution in [0.2, 0.25) is 0 Å². The normalized spacial score (nSPS) is 15.2. The molecule has 0 radical (unpaired) electrons. The van der Waals surface area contributed by atoms with Crippen LogP contribution in [0.5, 0.6) is 0 Å². The molecule has 1 aliphatic rings. The number of nitrogen functional groups attached to an aromatic ring is 1. The van der Waals surface area contributed by atoms with E-state index in [1.807, 2.05) is 0 Å². The summed E-state index contributed by atoms with van der Waals surface area (Å²) in [7, 11) is 0. The third-order valence-electron chi connectivity index (χ3n) is 4.62. The summed E-state index contributed by atoms with van der Waals surface area (Å²) in [5, 5.41) is 3.67. The molecule has 7 nitrogen and oxygen atoms in total. The molecule has 3 aromatic rings. The highest BCUT2D eigenvalue weighted by Gasteiger charge is 2.26. The molecule has 0 amide bonds. The van der Waals surface area contributed by atoms with E-state index in [0.29, 0.717) is 30.1 Å². The first-order valence-corrected chi connectivity index (χ1v) is 8.50. The molecule has 0 spiro atoms. The Morgan fingerprint density at radius 3 is 2.81 bits per heavy atom. The molecule has 0 unspecified atom stereocenters. The molecule has 140 valence electrons. The molecule has 1 aromatic carbocycles. The molecule has 3 heterocycles. The van der Waals surface area contributed by atoms with Gasteiger partial charge in [0.05, 0.1) is 22.2 Å². The van der Waals surface area contributed by atoms with Crippen LogP contribution >= 0.6 is 0 Å². The predicted molar refractivity (Wildman–Crippen MR) is 95.6 cm³/mol. The second-order valence-electron chi connectivity index (χ2n) is 6.33. The number of anilines is 2. The number of H-pyrrole nitrogens is 1. The molecule has 0 aliphatic carbocycles. The number of hydrogen-bond donors (Lipinski definition) is 3. The van der Waals surface area contributed by atoms with Gasteiger partial charge >= 0.3 is 0 Å². The van der Waals surface area contributed by atoms with E-state index in [-0.39, 0.29) is 17.3 Å². The van der Waals surface area contributed by atoms with Crippen LogP contribution in [-0.4, -0.2) is 40.0 Å². The number of carbonyl (C=O) groups is 1. The molecule has 1 aliphatic heterocycles. The van der Waals surface area contributed by atoms with Crippen LogP contribution in [0.25, 0.3) is 11.0 Å². The zero-order valence-electron chi connectivity index (χ0n) is 14.3. The molecular weight excluding hydrogens is 356 g/mol. The summed E-state index contributed by atoms with van der Waals surface area (Å²) in [4.78, 5) is 24.1. The standard InChI is InChI=1S/C18H17F2N5O2/c19-11-1-2-12(21)15(20)14(11)16(26)10-7-22-17-13(10)18(24-8-23-17)25-9-3-5-27-6-4-9/h1-2,7-9H,3-6,21H2,(H2,22,23,24,25). The number of benzene rings is 1. The fourth-order valence-corrected chi connectivity index (χ4v) is 3.20. The molecule has 27 heavy (non-hydrogen) atoms. The molecule has 4 rings (SSSR count). The number of rotatable bonds is 4. The van der Waals surface area contributed by atoms with Crippen molar-refractivity contribution < 1.29 is 18.3 Å². The molecule has 0 atom stereocenters. The molecule has 0 bridgehead atoms. The van der Waals surface area contributed by atoms with Crippen LogP contribution in [0.15, 0.2) is 24.7 Å². The van der Waals surface area contributed by atoms with Crippen molar-refractivity contribution in [2.75, 3.05) is 24.3 Å². The van der Waals surface area contributed by atoms with Crippen LogP contribution in [-0.2, 0) is 4.74 Å². The lowest BCUT2D eigenvalue weighted by Crippen LogP contribution is -2.28. The van der Waals surface area contributed by atoms with Gasteiger partial charge in [-0.05, 0) is 25.0 Å². The van der Waals surface area contributed by atoms with Crippen molar-refractivity contribution >= 4 is 28.3 Å². The van der Waals surface area contributed by atoms with Gasteiger partial charge in [-0.2, -0.15) is 0 Å². The van der Waals surface area contributed by atoms with Gasteiger partial charge in [0.15, 0.2) is 5.82 Å². The van der Waals surface area contributed by atoms with Gasteiger partial charge in [-0.25, -0.2) is 18.7 Å². The van der Waals surface area contributed by atoms with Crippen molar-refractivity contribution in [2.45, 2.75) is 18.9 Å². The van der Waals surface area contributed by atoms with E-state index in [1.165, 1.54) is 12.5 Å². The number of ether oxygens (including phenoxy) is 1. The van der Waals surface area contributed by atoms with E-state index < -0.39 is 23.0 Å². The Morgan fingerprint density at radius 2 is 2.04 bits per heavy atom. The van der Waals surface area contributed by atoms with Crippen molar-refractivity contribution in [3.8, 4) is 0 Å². The SMILES string of the molecule is Nc1ccc(F)c(C(=O)c2c[nH]c3ncnc(NC4CCOCC4)c23)c1F. The molecule has 9 heteroatoms. The third-order valence-corrected chi connectivity index (χ3v) is 4.62. The maximum absolute atomic E-state index is 14.3. The van der Waals surface area contributed by atoms with Gasteiger partial charge in [0.25, 0.3) is 0 Å². The number of nitrogens with one attached hydrogen (secondary N) is 2. The number of nitrogens with zero attached hydrogens (tertiary/aromatic N) is 2. The Labute approximate surface area is 152 Å². The van der Waals surface area contributed by atoms with Crippen LogP contribution in [0.3, 0.4) is 0 Å². The summed E-state index contributed by atoms with van der Waals surface area (Å²) >= 11 is 0. The van der Waals surface area contributed by atoms with Crippen LogP contribution in [0.1, 0.15) is 28.8 Å². The van der Waals surface area contributed by atoms with E-state index in [2.05, 4.69) is 20.3 Å². The van der Waals surface area contributed by atoms with Gasteiger partial charge in [-0.1, -0.05) is 0 Å². The lowest BCUT2D eigenvalue weighted by molar-refractivity contribution is 0.0904. The van der Waals surface area contributed by atoms with E-state index in [4.69, 9.17) is 10.5 Å². The largest absolute Gasteiger partial charge is 0.396 e. The van der Waals surface area contributed by atoms with Gasteiger partial charge in [0.1, 0.15) is 23.6 Å². The maximum Gasteiger partial charge on any atom is 0.201 e. The van der Waals surface area contributed by atoms with E-state index in [0.717, 1.165) is 25.0 Å².